The average molecular weight is 277 g/mol. The molecule has 0 fully saturated rings. The number of halogens is 3. The standard InChI is InChI=1S/C8H14F3NO4S/c1-5(2)3-6(7(13)14)12-17(15,16)4-8(9,10)11/h5-6,12H,3-4H2,1-2H3,(H,13,14). The van der Waals surface area contributed by atoms with E-state index >= 15 is 0 Å². The number of carbonyl (C=O) groups is 1. The second kappa shape index (κ2) is 5.67. The first kappa shape index (κ1) is 16.2. The molecule has 9 heteroatoms. The lowest BCUT2D eigenvalue weighted by Gasteiger charge is -2.17. The van der Waals surface area contributed by atoms with Crippen LogP contribution in [0.15, 0.2) is 0 Å². The summed E-state index contributed by atoms with van der Waals surface area (Å²) >= 11 is 0. The molecule has 0 rings (SSSR count). The van der Waals surface area contributed by atoms with Gasteiger partial charge in [0.2, 0.25) is 10.0 Å². The first-order valence-corrected chi connectivity index (χ1v) is 6.38. The Hall–Kier alpha value is -0.830. The Morgan fingerprint density at radius 1 is 1.35 bits per heavy atom. The smallest absolute Gasteiger partial charge is 0.404 e. The van der Waals surface area contributed by atoms with E-state index in [1.54, 1.807) is 13.8 Å². The van der Waals surface area contributed by atoms with Crippen LogP contribution in [-0.2, 0) is 14.8 Å². The maximum Gasteiger partial charge on any atom is 0.404 e. The zero-order chi connectivity index (χ0) is 13.9. The number of rotatable bonds is 6. The molecule has 0 aliphatic heterocycles. The topological polar surface area (TPSA) is 83.5 Å². The Morgan fingerprint density at radius 3 is 2.12 bits per heavy atom. The molecule has 102 valence electrons. The van der Waals surface area contributed by atoms with Crippen molar-refractivity contribution in [3.8, 4) is 0 Å². The van der Waals surface area contributed by atoms with Crippen LogP contribution < -0.4 is 4.72 Å². The number of carboxylic acid groups (broad SMARTS) is 1. The normalized spacial score (nSPS) is 14.9. The van der Waals surface area contributed by atoms with Crippen LogP contribution in [0.5, 0.6) is 0 Å². The molecule has 0 spiro atoms. The minimum atomic E-state index is -4.90. The molecule has 1 unspecified atom stereocenters. The van der Waals surface area contributed by atoms with Crippen molar-refractivity contribution < 1.29 is 31.5 Å². The maximum absolute atomic E-state index is 11.9. The van der Waals surface area contributed by atoms with Crippen molar-refractivity contribution in [2.24, 2.45) is 5.92 Å². The van der Waals surface area contributed by atoms with Gasteiger partial charge in [-0.15, -0.1) is 0 Å². The van der Waals surface area contributed by atoms with Gasteiger partial charge in [0.15, 0.2) is 5.75 Å². The molecular weight excluding hydrogens is 263 g/mol. The zero-order valence-corrected chi connectivity index (χ0v) is 10.1. The highest BCUT2D eigenvalue weighted by Gasteiger charge is 2.37. The number of nitrogens with one attached hydrogen (secondary N) is 1. The molecule has 0 aliphatic carbocycles. The van der Waals surface area contributed by atoms with E-state index in [1.807, 2.05) is 0 Å². The highest BCUT2D eigenvalue weighted by molar-refractivity contribution is 7.89. The summed E-state index contributed by atoms with van der Waals surface area (Å²) in [5.74, 6) is -3.74. The molecule has 17 heavy (non-hydrogen) atoms. The summed E-state index contributed by atoms with van der Waals surface area (Å²) in [6, 6.07) is -1.54. The van der Waals surface area contributed by atoms with Crippen LogP contribution >= 0.6 is 0 Å². The Balaban J connectivity index is 4.71. The van der Waals surface area contributed by atoms with E-state index in [0.29, 0.717) is 0 Å². The predicted octanol–water partition coefficient (Wildman–Crippen LogP) is 0.967. The van der Waals surface area contributed by atoms with Crippen molar-refractivity contribution in [3.05, 3.63) is 0 Å². The number of alkyl halides is 3. The van der Waals surface area contributed by atoms with Gasteiger partial charge in [-0.25, -0.2) is 13.1 Å². The molecule has 5 nitrogen and oxygen atoms in total. The molecule has 0 radical (unpaired) electrons. The number of carboxylic acids is 1. The largest absolute Gasteiger partial charge is 0.480 e. The number of hydrogen-bond acceptors (Lipinski definition) is 3. The molecule has 0 heterocycles. The molecule has 2 N–H and O–H groups in total. The second-order valence-electron chi connectivity index (χ2n) is 4.01. The van der Waals surface area contributed by atoms with Gasteiger partial charge in [0.05, 0.1) is 0 Å². The van der Waals surface area contributed by atoms with Crippen LogP contribution in [0.25, 0.3) is 0 Å². The van der Waals surface area contributed by atoms with E-state index in [0.717, 1.165) is 0 Å². The minimum Gasteiger partial charge on any atom is -0.480 e. The fraction of sp³-hybridized carbons (Fsp3) is 0.875. The third-order valence-corrected chi connectivity index (χ3v) is 3.03. The first-order valence-electron chi connectivity index (χ1n) is 4.72. The lowest BCUT2D eigenvalue weighted by Crippen LogP contribution is -2.44. The Morgan fingerprint density at radius 2 is 1.82 bits per heavy atom. The second-order valence-corrected chi connectivity index (χ2v) is 5.77. The fourth-order valence-electron chi connectivity index (χ4n) is 1.14. The van der Waals surface area contributed by atoms with Gasteiger partial charge >= 0.3 is 12.1 Å². The van der Waals surface area contributed by atoms with Gasteiger partial charge in [-0.3, -0.25) is 4.79 Å². The molecule has 0 saturated carbocycles. The Kier molecular flexibility index (Phi) is 5.40. The summed E-state index contributed by atoms with van der Waals surface area (Å²) in [7, 11) is -4.68. The van der Waals surface area contributed by atoms with Crippen molar-refractivity contribution >= 4 is 16.0 Å². The SMILES string of the molecule is CC(C)CC(NS(=O)(=O)CC(F)(F)F)C(=O)O. The minimum absolute atomic E-state index is 0.0770. The molecule has 0 bridgehead atoms. The Bertz CT molecular complexity index is 363. The van der Waals surface area contributed by atoms with Crippen molar-refractivity contribution in [2.75, 3.05) is 5.75 Å². The van der Waals surface area contributed by atoms with Crippen LogP contribution in [0.2, 0.25) is 0 Å². The summed E-state index contributed by atoms with van der Waals surface area (Å²) in [5.41, 5.74) is 0. The third-order valence-electron chi connectivity index (χ3n) is 1.68. The average Bonchev–Trinajstić information content (AvgIpc) is 1.95. The van der Waals surface area contributed by atoms with Crippen LogP contribution in [0.1, 0.15) is 20.3 Å². The first-order chi connectivity index (χ1) is 7.43. The lowest BCUT2D eigenvalue weighted by molar-refractivity contribution is -0.139. The summed E-state index contributed by atoms with van der Waals surface area (Å²) < 4.78 is 59.3. The van der Waals surface area contributed by atoms with Crippen molar-refractivity contribution in [2.45, 2.75) is 32.5 Å². The van der Waals surface area contributed by atoms with Crippen LogP contribution in [0.3, 0.4) is 0 Å². The van der Waals surface area contributed by atoms with Crippen LogP contribution in [0.4, 0.5) is 13.2 Å². The number of aliphatic carboxylic acids is 1. The maximum atomic E-state index is 11.9. The van der Waals surface area contributed by atoms with Crippen LogP contribution in [0, 0.1) is 5.92 Å². The van der Waals surface area contributed by atoms with Gasteiger partial charge in [0, 0.05) is 0 Å². The predicted molar refractivity (Wildman–Crippen MR) is 53.9 cm³/mol. The summed E-state index contributed by atoms with van der Waals surface area (Å²) in [4.78, 5) is 10.7. The van der Waals surface area contributed by atoms with Gasteiger partial charge < -0.3 is 5.11 Å². The van der Waals surface area contributed by atoms with Crippen molar-refractivity contribution in [1.29, 1.82) is 0 Å². The third kappa shape index (κ3) is 7.97. The lowest BCUT2D eigenvalue weighted by atomic mass is 10.1. The van der Waals surface area contributed by atoms with E-state index in [1.165, 1.54) is 4.72 Å². The van der Waals surface area contributed by atoms with E-state index in [9.17, 15) is 26.4 Å². The molecular formula is C8H14F3NO4S. The van der Waals surface area contributed by atoms with Gasteiger partial charge in [-0.05, 0) is 12.3 Å². The molecule has 1 atom stereocenters. The number of sulfonamides is 1. The quantitative estimate of drug-likeness (QED) is 0.757. The molecule has 0 aromatic rings. The summed E-state index contributed by atoms with van der Waals surface area (Å²) in [6.45, 7) is 3.27. The molecule has 0 aromatic heterocycles. The number of hydrogen-bond donors (Lipinski definition) is 2. The van der Waals surface area contributed by atoms with Gasteiger partial charge in [-0.1, -0.05) is 13.8 Å². The molecule has 0 amide bonds. The summed E-state index contributed by atoms with van der Waals surface area (Å²) in [6.07, 6.45) is -4.97. The van der Waals surface area contributed by atoms with E-state index in [4.69, 9.17) is 5.11 Å². The van der Waals surface area contributed by atoms with E-state index in [2.05, 4.69) is 0 Å². The van der Waals surface area contributed by atoms with Crippen molar-refractivity contribution in [1.82, 2.24) is 4.72 Å². The van der Waals surface area contributed by atoms with E-state index < -0.39 is 34.0 Å². The van der Waals surface area contributed by atoms with Crippen molar-refractivity contribution in [3.63, 3.8) is 0 Å². The highest BCUT2D eigenvalue weighted by Crippen LogP contribution is 2.17. The van der Waals surface area contributed by atoms with Gasteiger partial charge in [-0.2, -0.15) is 13.2 Å². The molecule has 0 saturated heterocycles. The van der Waals surface area contributed by atoms with Gasteiger partial charge in [0.1, 0.15) is 6.04 Å². The fourth-order valence-corrected chi connectivity index (χ4v) is 2.29. The Labute approximate surface area is 97.1 Å². The van der Waals surface area contributed by atoms with E-state index in [-0.39, 0.29) is 12.3 Å². The molecule has 0 aliphatic rings. The monoisotopic (exact) mass is 277 g/mol. The molecule has 0 aromatic carbocycles. The summed E-state index contributed by atoms with van der Waals surface area (Å²) in [5, 5.41) is 8.68. The zero-order valence-electron chi connectivity index (χ0n) is 9.28. The highest BCUT2D eigenvalue weighted by atomic mass is 32.2. The van der Waals surface area contributed by atoms with Crippen LogP contribution in [-0.4, -0.2) is 37.5 Å². The van der Waals surface area contributed by atoms with Gasteiger partial charge in [0.25, 0.3) is 0 Å².